The molecule has 0 radical (unpaired) electrons. The molecule has 0 saturated carbocycles. The van der Waals surface area contributed by atoms with Crippen LogP contribution >= 0.6 is 34.2 Å². The number of carboxylic acids is 1. The van der Waals surface area contributed by atoms with E-state index in [4.69, 9.17) is 16.7 Å². The Morgan fingerprint density at radius 2 is 2.25 bits per heavy atom. The van der Waals surface area contributed by atoms with Gasteiger partial charge < -0.3 is 10.4 Å². The minimum absolute atomic E-state index is 0.0278. The van der Waals surface area contributed by atoms with Crippen molar-refractivity contribution in [3.8, 4) is 0 Å². The molecule has 2 N–H and O–H groups in total. The number of carboxylic acid groups (broad SMARTS) is 1. The summed E-state index contributed by atoms with van der Waals surface area (Å²) in [5.41, 5.74) is 1.03. The van der Waals surface area contributed by atoms with Crippen LogP contribution in [0.5, 0.6) is 0 Å². The second-order valence-electron chi connectivity index (χ2n) is 3.47. The Hall–Kier alpha value is -0.820. The third-order valence-electron chi connectivity index (χ3n) is 2.35. The predicted molar refractivity (Wildman–Crippen MR) is 68.2 cm³/mol. The van der Waals surface area contributed by atoms with E-state index >= 15 is 0 Å². The topological polar surface area (TPSA) is 66.4 Å². The number of hydrogen-bond donors (Lipinski definition) is 2. The first-order valence-electron chi connectivity index (χ1n) is 4.50. The molecule has 4 nitrogen and oxygen atoms in total. The zero-order valence-electron chi connectivity index (χ0n) is 7.96. The summed E-state index contributed by atoms with van der Waals surface area (Å²) in [7, 11) is 0. The van der Waals surface area contributed by atoms with Crippen molar-refractivity contribution in [1.29, 1.82) is 0 Å². The lowest BCUT2D eigenvalue weighted by Gasteiger charge is -2.24. The fraction of sp³-hybridized carbons (Fsp3) is 0.200. The van der Waals surface area contributed by atoms with E-state index in [0.717, 1.165) is 3.57 Å². The van der Waals surface area contributed by atoms with Gasteiger partial charge >= 0.3 is 5.97 Å². The van der Waals surface area contributed by atoms with Crippen molar-refractivity contribution in [2.24, 2.45) is 0 Å². The van der Waals surface area contributed by atoms with Gasteiger partial charge in [-0.1, -0.05) is 11.6 Å². The predicted octanol–water partition coefficient (Wildman–Crippen LogP) is 2.40. The highest BCUT2D eigenvalue weighted by Gasteiger charge is 2.30. The maximum atomic E-state index is 11.8. The fourth-order valence-corrected chi connectivity index (χ4v) is 2.98. The number of benzene rings is 1. The summed E-state index contributed by atoms with van der Waals surface area (Å²) in [6.07, 6.45) is -0.0278. The van der Waals surface area contributed by atoms with Crippen LogP contribution in [0.1, 0.15) is 16.8 Å². The number of halogens is 2. The fourth-order valence-electron chi connectivity index (χ4n) is 1.65. The molecule has 0 amide bonds. The van der Waals surface area contributed by atoms with Crippen LogP contribution in [0, 0.1) is 3.57 Å². The van der Waals surface area contributed by atoms with Gasteiger partial charge in [0, 0.05) is 20.7 Å². The number of anilines is 1. The summed E-state index contributed by atoms with van der Waals surface area (Å²) in [6.45, 7) is 0. The minimum Gasteiger partial charge on any atom is -0.480 e. The zero-order chi connectivity index (χ0) is 11.9. The van der Waals surface area contributed by atoms with E-state index in [0.29, 0.717) is 16.3 Å². The van der Waals surface area contributed by atoms with Gasteiger partial charge in [0.1, 0.15) is 6.04 Å². The van der Waals surface area contributed by atoms with E-state index < -0.39 is 12.0 Å². The Morgan fingerprint density at radius 3 is 2.88 bits per heavy atom. The van der Waals surface area contributed by atoms with Gasteiger partial charge in [-0.25, -0.2) is 4.79 Å². The van der Waals surface area contributed by atoms with Crippen LogP contribution < -0.4 is 5.32 Å². The van der Waals surface area contributed by atoms with Crippen LogP contribution in [0.3, 0.4) is 0 Å². The molecule has 0 saturated heterocycles. The Labute approximate surface area is 110 Å². The Morgan fingerprint density at radius 1 is 1.56 bits per heavy atom. The summed E-state index contributed by atoms with van der Waals surface area (Å²) in [4.78, 5) is 22.6. The lowest BCUT2D eigenvalue weighted by Crippen LogP contribution is -2.36. The highest BCUT2D eigenvalue weighted by Crippen LogP contribution is 2.32. The van der Waals surface area contributed by atoms with Crippen molar-refractivity contribution < 1.29 is 14.7 Å². The van der Waals surface area contributed by atoms with E-state index in [9.17, 15) is 9.59 Å². The molecular formula is C10H7ClINO3. The molecule has 1 unspecified atom stereocenters. The quantitative estimate of drug-likeness (QED) is 0.763. The van der Waals surface area contributed by atoms with Crippen molar-refractivity contribution in [1.82, 2.24) is 0 Å². The summed E-state index contributed by atoms with van der Waals surface area (Å²) >= 11 is 7.87. The highest BCUT2D eigenvalue weighted by molar-refractivity contribution is 14.1. The molecular weight excluding hydrogens is 344 g/mol. The molecule has 0 aromatic heterocycles. The van der Waals surface area contributed by atoms with Crippen LogP contribution in [0.15, 0.2) is 12.1 Å². The molecule has 84 valence electrons. The largest absolute Gasteiger partial charge is 0.480 e. The monoisotopic (exact) mass is 351 g/mol. The third kappa shape index (κ3) is 2.01. The highest BCUT2D eigenvalue weighted by atomic mass is 127. The number of aliphatic carboxylic acids is 1. The number of hydrogen-bond acceptors (Lipinski definition) is 3. The molecule has 1 aliphatic rings. The molecule has 0 fully saturated rings. The average Bonchev–Trinajstić information content (AvgIpc) is 2.15. The number of carbonyl (C=O) groups excluding carboxylic acids is 1. The van der Waals surface area contributed by atoms with Crippen molar-refractivity contribution in [3.63, 3.8) is 0 Å². The summed E-state index contributed by atoms with van der Waals surface area (Å²) in [5, 5.41) is 12.2. The van der Waals surface area contributed by atoms with E-state index in [2.05, 4.69) is 5.32 Å². The second kappa shape index (κ2) is 4.21. The van der Waals surface area contributed by atoms with Crippen LogP contribution in [-0.4, -0.2) is 22.9 Å². The number of Topliss-reactive ketones (excluding diaryl/α,β-unsaturated/α-hetero) is 1. The van der Waals surface area contributed by atoms with Crippen molar-refractivity contribution in [2.75, 3.05) is 5.32 Å². The van der Waals surface area contributed by atoms with Crippen LogP contribution in [0.2, 0.25) is 5.02 Å². The summed E-state index contributed by atoms with van der Waals surface area (Å²) < 4.78 is 0.737. The molecule has 1 aromatic rings. The molecule has 0 aliphatic carbocycles. The van der Waals surface area contributed by atoms with Gasteiger partial charge in [0.2, 0.25) is 0 Å². The maximum absolute atomic E-state index is 11.8. The SMILES string of the molecule is O=C1CC(C(=O)O)Nc2cc(Cl)cc(I)c21. The maximum Gasteiger partial charge on any atom is 0.326 e. The summed E-state index contributed by atoms with van der Waals surface area (Å²) in [5.74, 6) is -1.20. The molecule has 1 heterocycles. The lowest BCUT2D eigenvalue weighted by molar-refractivity contribution is -0.137. The van der Waals surface area contributed by atoms with E-state index in [-0.39, 0.29) is 12.2 Å². The Kier molecular flexibility index (Phi) is 3.07. The normalized spacial score (nSPS) is 18.9. The van der Waals surface area contributed by atoms with Crippen molar-refractivity contribution in [2.45, 2.75) is 12.5 Å². The standard InChI is InChI=1S/C10H7ClINO3/c11-4-1-5(12)9-6(2-4)13-7(10(15)16)3-8(9)14/h1-2,7,13H,3H2,(H,15,16). The zero-order valence-corrected chi connectivity index (χ0v) is 10.9. The van der Waals surface area contributed by atoms with E-state index in [1.54, 1.807) is 12.1 Å². The third-order valence-corrected chi connectivity index (χ3v) is 3.42. The average molecular weight is 352 g/mol. The summed E-state index contributed by atoms with van der Waals surface area (Å²) in [6, 6.07) is 2.39. The van der Waals surface area contributed by atoms with Crippen LogP contribution in [0.25, 0.3) is 0 Å². The van der Waals surface area contributed by atoms with Crippen molar-refractivity contribution in [3.05, 3.63) is 26.3 Å². The smallest absolute Gasteiger partial charge is 0.326 e. The van der Waals surface area contributed by atoms with Gasteiger partial charge in [-0.15, -0.1) is 0 Å². The van der Waals surface area contributed by atoms with Gasteiger partial charge in [0.15, 0.2) is 5.78 Å². The molecule has 0 spiro atoms. The first-order valence-corrected chi connectivity index (χ1v) is 5.96. The van der Waals surface area contributed by atoms with Crippen LogP contribution in [-0.2, 0) is 4.79 Å². The molecule has 16 heavy (non-hydrogen) atoms. The molecule has 1 atom stereocenters. The lowest BCUT2D eigenvalue weighted by atomic mass is 9.97. The van der Waals surface area contributed by atoms with Gasteiger partial charge in [-0.05, 0) is 34.7 Å². The molecule has 1 aromatic carbocycles. The first kappa shape index (κ1) is 11.7. The minimum atomic E-state index is -1.03. The number of rotatable bonds is 1. The van der Waals surface area contributed by atoms with Crippen LogP contribution in [0.4, 0.5) is 5.69 Å². The van der Waals surface area contributed by atoms with Gasteiger partial charge in [0.05, 0.1) is 5.56 Å². The van der Waals surface area contributed by atoms with E-state index in [1.165, 1.54) is 0 Å². The number of nitrogens with one attached hydrogen (secondary N) is 1. The number of fused-ring (bicyclic) bond motifs is 1. The Balaban J connectivity index is 2.50. The molecule has 2 rings (SSSR count). The Bertz CT molecular complexity index is 489. The number of ketones is 1. The first-order chi connectivity index (χ1) is 7.49. The second-order valence-corrected chi connectivity index (χ2v) is 5.07. The molecule has 6 heteroatoms. The van der Waals surface area contributed by atoms with E-state index in [1.807, 2.05) is 22.6 Å². The van der Waals surface area contributed by atoms with Gasteiger partial charge in [0.25, 0.3) is 0 Å². The van der Waals surface area contributed by atoms with Crippen molar-refractivity contribution >= 4 is 51.6 Å². The van der Waals surface area contributed by atoms with Gasteiger partial charge in [-0.2, -0.15) is 0 Å². The molecule has 0 bridgehead atoms. The molecule has 1 aliphatic heterocycles. The number of carbonyl (C=O) groups is 2. The van der Waals surface area contributed by atoms with Gasteiger partial charge in [-0.3, -0.25) is 4.79 Å².